The van der Waals surface area contributed by atoms with E-state index < -0.39 is 79.3 Å². The number of aliphatic hydroxyl groups excluding tert-OH is 1. The topological polar surface area (TPSA) is 195 Å². The zero-order valence-corrected chi connectivity index (χ0v) is 44.8. The summed E-state index contributed by atoms with van der Waals surface area (Å²) < 4.78 is 29.6. The molecule has 4 rings (SSSR count). The minimum atomic E-state index is -2.82. The van der Waals surface area contributed by atoms with Gasteiger partial charge in [-0.3, -0.25) is 14.4 Å². The van der Waals surface area contributed by atoms with Crippen LogP contribution in [-0.2, 0) is 47.4 Å². The molecule has 0 aromatic carbocycles. The molecule has 0 radical (unpaired) electrons. The molecule has 0 aromatic rings. The van der Waals surface area contributed by atoms with Gasteiger partial charge < -0.3 is 24.4 Å². The van der Waals surface area contributed by atoms with Crippen LogP contribution >= 0.6 is 7.72 Å². The van der Waals surface area contributed by atoms with Crippen LogP contribution in [0.25, 0.3) is 0 Å². The first-order chi connectivity index (χ1) is 32.4. The number of ketones is 4. The van der Waals surface area contributed by atoms with Crippen molar-refractivity contribution in [1.29, 1.82) is 0 Å². The molecule has 4 unspecified atom stereocenters. The third kappa shape index (κ3) is 16.4. The molecule has 2 bridgehead atoms. The molecule has 392 valence electrons. The molecule has 14 nitrogen and oxygen atoms in total. The van der Waals surface area contributed by atoms with Gasteiger partial charge in [0.1, 0.15) is 12.2 Å². The standard InChI is InChI=1S/C54H88NO13P/c1-33-18-14-13-15-19-34(2)47(64-8)32-42-23-21-39(7)54(62,67-42)52(60)53(61)55-25-17-16-20-43(55)45(57)31-41(35(3)28-40-22-24-46(48(29-40)65-9)68-69(11,12)63)30-44(56)36(4)27-38(6)50(59)51(66-10)49(58)37(5)26-33/h13-15,18-19,27,33,35-37,39-43,46-48,50-51,59,62-63,69H,16-17,20-26,28-32H2,1-12H3/b15-13+,18-14+,34-19+,38-27+/t33-,35?,36-,37?,39-,40?,41-,42+,43+,46-,47+,48-,50-,51?,54-/m1/s1. The van der Waals surface area contributed by atoms with E-state index in [0.717, 1.165) is 12.0 Å². The first-order valence-corrected chi connectivity index (χ1v) is 28.5. The zero-order chi connectivity index (χ0) is 51.4. The van der Waals surface area contributed by atoms with Crippen molar-refractivity contribution in [2.75, 3.05) is 41.2 Å². The Morgan fingerprint density at radius 3 is 2.17 bits per heavy atom. The third-order valence-electron chi connectivity index (χ3n) is 15.4. The van der Waals surface area contributed by atoms with E-state index in [-0.39, 0.29) is 66.7 Å². The number of carbonyl (C=O) groups is 5. The Morgan fingerprint density at radius 1 is 0.826 bits per heavy atom. The number of hydrogen-bond acceptors (Lipinski definition) is 13. The molecule has 1 saturated carbocycles. The van der Waals surface area contributed by atoms with Crippen molar-refractivity contribution >= 4 is 36.8 Å². The van der Waals surface area contributed by atoms with Crippen molar-refractivity contribution in [3.63, 3.8) is 0 Å². The van der Waals surface area contributed by atoms with Gasteiger partial charge in [-0.2, -0.15) is 0 Å². The van der Waals surface area contributed by atoms with E-state index >= 15 is 0 Å². The van der Waals surface area contributed by atoms with Crippen molar-refractivity contribution in [2.45, 2.75) is 180 Å². The number of aliphatic hydroxyl groups is 2. The second-order valence-electron chi connectivity index (χ2n) is 21.6. The molecule has 0 aromatic heterocycles. The Labute approximate surface area is 413 Å². The SMILES string of the molecule is COC1C(=O)C(C)C[C@H](C)/C=C/C=C/C=C(\C)[C@@H](OC)C[C@@H]2CC[C@@H](C)[C@@](O)(O2)C(=O)C(=O)N2CCCC[C@H]2C(=O)C[C@H](C(C)CC2CC[C@@H](O[PH](C)(C)O)[C@H](OC)C2)CC(=O)[C@H](C)/C=C(\C)[C@H]1O. The number of carbonyl (C=O) groups excluding carboxylic acids is 5. The maximum absolute atomic E-state index is 14.7. The van der Waals surface area contributed by atoms with Gasteiger partial charge in [-0.1, -0.05) is 51.2 Å². The van der Waals surface area contributed by atoms with E-state index in [1.807, 2.05) is 51.2 Å². The predicted molar refractivity (Wildman–Crippen MR) is 270 cm³/mol. The van der Waals surface area contributed by atoms with Gasteiger partial charge in [0, 0.05) is 39.0 Å². The van der Waals surface area contributed by atoms with Crippen LogP contribution in [0.5, 0.6) is 0 Å². The summed E-state index contributed by atoms with van der Waals surface area (Å²) in [6.45, 7) is 16.6. The average molecular weight is 990 g/mol. The fourth-order valence-corrected chi connectivity index (χ4v) is 12.1. The minimum absolute atomic E-state index is 0.0183. The summed E-state index contributed by atoms with van der Waals surface area (Å²) in [5.74, 6) is -7.20. The van der Waals surface area contributed by atoms with E-state index in [0.29, 0.717) is 69.8 Å². The van der Waals surface area contributed by atoms with Crippen LogP contribution < -0.4 is 0 Å². The number of nitrogens with zero attached hydrogens (tertiary/aromatic N) is 1. The van der Waals surface area contributed by atoms with Gasteiger partial charge in [0.2, 0.25) is 5.79 Å². The second kappa shape index (κ2) is 26.8. The van der Waals surface area contributed by atoms with Crippen LogP contribution in [0.15, 0.2) is 47.6 Å². The Morgan fingerprint density at radius 2 is 1.52 bits per heavy atom. The van der Waals surface area contributed by atoms with Gasteiger partial charge in [0.15, 0.2) is 5.78 Å². The number of amides is 1. The number of ether oxygens (including phenoxy) is 4. The first-order valence-electron chi connectivity index (χ1n) is 25.7. The van der Waals surface area contributed by atoms with Crippen LogP contribution in [0.1, 0.15) is 132 Å². The molecule has 3 fully saturated rings. The molecule has 2 saturated heterocycles. The molecule has 4 aliphatic rings. The maximum atomic E-state index is 14.7. The van der Waals surface area contributed by atoms with E-state index in [4.69, 9.17) is 23.5 Å². The van der Waals surface area contributed by atoms with Crippen molar-refractivity contribution in [1.82, 2.24) is 4.90 Å². The predicted octanol–water partition coefficient (Wildman–Crippen LogP) is 7.70. The van der Waals surface area contributed by atoms with E-state index in [9.17, 15) is 39.1 Å². The minimum Gasteiger partial charge on any atom is -0.386 e. The summed E-state index contributed by atoms with van der Waals surface area (Å²) in [5.41, 5.74) is 1.32. The zero-order valence-electron chi connectivity index (χ0n) is 43.8. The van der Waals surface area contributed by atoms with Crippen LogP contribution in [-0.4, -0.2) is 139 Å². The van der Waals surface area contributed by atoms with Crippen LogP contribution in [0.4, 0.5) is 0 Å². The molecule has 15 heteroatoms. The van der Waals surface area contributed by atoms with Crippen LogP contribution in [0, 0.1) is 41.4 Å². The quantitative estimate of drug-likeness (QED) is 0.122. The smallest absolute Gasteiger partial charge is 0.386 e. The van der Waals surface area contributed by atoms with Crippen LogP contribution in [0.3, 0.4) is 0 Å². The molecule has 3 aliphatic heterocycles. The van der Waals surface area contributed by atoms with Gasteiger partial charge in [-0.05, 0) is 63.0 Å². The Balaban J connectivity index is 1.70. The van der Waals surface area contributed by atoms with E-state index in [1.165, 1.54) is 12.0 Å². The number of hydrogen-bond donors (Lipinski definition) is 3. The molecule has 69 heavy (non-hydrogen) atoms. The monoisotopic (exact) mass is 990 g/mol. The molecule has 0 spiro atoms. The molecule has 15 atom stereocenters. The molecular weight excluding hydrogens is 902 g/mol. The number of rotatable bonds is 8. The van der Waals surface area contributed by atoms with Crippen molar-refractivity contribution in [2.24, 2.45) is 41.4 Å². The van der Waals surface area contributed by atoms with Gasteiger partial charge in [-0.15, -0.1) is 0 Å². The van der Waals surface area contributed by atoms with Crippen molar-refractivity contribution in [3.8, 4) is 0 Å². The number of allylic oxidation sites excluding steroid dienone is 6. The fourth-order valence-electron chi connectivity index (χ4n) is 11.1. The van der Waals surface area contributed by atoms with Gasteiger partial charge in [0.05, 0.1) is 12.2 Å². The summed E-state index contributed by atoms with van der Waals surface area (Å²) in [5, 5.41) is 23.5. The van der Waals surface area contributed by atoms with Gasteiger partial charge in [-0.25, -0.2) is 0 Å². The molecular formula is C54H88NO13P. The van der Waals surface area contributed by atoms with Gasteiger partial charge in [0.25, 0.3) is 11.7 Å². The summed E-state index contributed by atoms with van der Waals surface area (Å²) in [7, 11) is 1.81. The molecule has 1 amide bonds. The second-order valence-corrected chi connectivity index (χ2v) is 24.7. The van der Waals surface area contributed by atoms with Crippen molar-refractivity contribution in [3.05, 3.63) is 47.6 Å². The summed E-state index contributed by atoms with van der Waals surface area (Å²) >= 11 is 0. The molecule has 3 heterocycles. The van der Waals surface area contributed by atoms with Gasteiger partial charge >= 0.3 is 175 Å². The number of Topliss-reactive ketones (excluding diaryl/α,β-unsaturated/α-hetero) is 4. The summed E-state index contributed by atoms with van der Waals surface area (Å²) in [6, 6.07) is -0.928. The molecule has 3 N–H and O–H groups in total. The Bertz CT molecular complexity index is 1870. The van der Waals surface area contributed by atoms with Crippen LogP contribution in [0.2, 0.25) is 0 Å². The van der Waals surface area contributed by atoms with Crippen molar-refractivity contribution < 1.29 is 62.6 Å². The average Bonchev–Trinajstić information content (AvgIpc) is 3.30. The number of piperidine rings is 1. The summed E-state index contributed by atoms with van der Waals surface area (Å²) in [6.07, 6.45) is 13.7. The fraction of sp³-hybridized carbons (Fsp3) is 0.759. The third-order valence-corrected chi connectivity index (χ3v) is 16.3. The first kappa shape index (κ1) is 58.8. The Hall–Kier alpha value is -2.78. The number of fused-ring (bicyclic) bond motifs is 3. The molecule has 1 aliphatic carbocycles. The normalized spacial score (nSPS) is 39.4. The van der Waals surface area contributed by atoms with E-state index in [1.54, 1.807) is 54.4 Å². The van der Waals surface area contributed by atoms with E-state index in [2.05, 4.69) is 6.92 Å². The number of methoxy groups -OCH3 is 3. The summed E-state index contributed by atoms with van der Waals surface area (Å²) in [4.78, 5) is 83.3. The Kier molecular flexibility index (Phi) is 22.8.